The Morgan fingerprint density at radius 2 is 1.64 bits per heavy atom. The molecule has 0 aliphatic heterocycles. The Labute approximate surface area is 254 Å². The average molecular weight is 630 g/mol. The molecular formula is C32H34F3N3O5S. The number of amides is 2. The van der Waals surface area contributed by atoms with Crippen molar-refractivity contribution in [2.45, 2.75) is 51.2 Å². The molecule has 234 valence electrons. The molecule has 0 unspecified atom stereocenters. The van der Waals surface area contributed by atoms with E-state index in [1.165, 1.54) is 32.2 Å². The van der Waals surface area contributed by atoms with Crippen molar-refractivity contribution in [1.82, 2.24) is 14.6 Å². The van der Waals surface area contributed by atoms with E-state index < -0.39 is 40.5 Å². The van der Waals surface area contributed by atoms with Crippen LogP contribution in [0, 0.1) is 12.8 Å². The first kappa shape index (κ1) is 32.6. The molecule has 0 aliphatic rings. The quantitative estimate of drug-likeness (QED) is 0.212. The van der Waals surface area contributed by atoms with Gasteiger partial charge in [0.2, 0.25) is 0 Å². The second-order valence-electron chi connectivity index (χ2n) is 10.4. The van der Waals surface area contributed by atoms with Gasteiger partial charge >= 0.3 is 6.18 Å². The van der Waals surface area contributed by atoms with Crippen molar-refractivity contribution in [3.8, 4) is 5.75 Å². The number of hydrogen-bond acceptors (Lipinski definition) is 5. The summed E-state index contributed by atoms with van der Waals surface area (Å²) >= 11 is 0. The number of hydrogen-bond donors (Lipinski definition) is 2. The van der Waals surface area contributed by atoms with Gasteiger partial charge in [-0.15, -0.1) is 0 Å². The lowest BCUT2D eigenvalue weighted by atomic mass is 10.0. The maximum absolute atomic E-state index is 13.2. The topological polar surface area (TPSA) is 106 Å². The number of alkyl halides is 3. The fraction of sp³-hybridized carbons (Fsp3) is 0.312. The standard InChI is InChI=1S/C32H34F3N3O5S/c1-5-25(32(33,34)35)18-36-30(39)22-13-14-27-26(16-22)24(19-38(27)6-2)15-21-11-12-23(17-28(21)43-4)31(40)37-44(41,42)29-10-8-7-9-20(29)3/h7-14,16-17,19,25H,5-6,15,18H2,1-4H3,(H,36,39)(H,37,40)/t25-/m1/s1. The summed E-state index contributed by atoms with van der Waals surface area (Å²) < 4.78 is 74.8. The third-order valence-corrected chi connectivity index (χ3v) is 9.06. The van der Waals surface area contributed by atoms with Crippen molar-refractivity contribution in [3.05, 3.63) is 94.7 Å². The van der Waals surface area contributed by atoms with E-state index in [0.717, 1.165) is 16.5 Å². The average Bonchev–Trinajstić information content (AvgIpc) is 3.33. The van der Waals surface area contributed by atoms with Gasteiger partial charge < -0.3 is 14.6 Å². The van der Waals surface area contributed by atoms with Crippen LogP contribution in [0.4, 0.5) is 13.2 Å². The Hall–Kier alpha value is -4.32. The fourth-order valence-corrected chi connectivity index (χ4v) is 6.28. The minimum atomic E-state index is -4.40. The maximum atomic E-state index is 13.2. The summed E-state index contributed by atoms with van der Waals surface area (Å²) in [5.41, 5.74) is 3.19. The zero-order valence-corrected chi connectivity index (χ0v) is 25.6. The highest BCUT2D eigenvalue weighted by Crippen LogP contribution is 2.30. The van der Waals surface area contributed by atoms with Gasteiger partial charge in [-0.2, -0.15) is 13.2 Å². The van der Waals surface area contributed by atoms with Crippen LogP contribution in [0.25, 0.3) is 10.9 Å². The van der Waals surface area contributed by atoms with Gasteiger partial charge in [0.15, 0.2) is 0 Å². The Balaban J connectivity index is 1.59. The Bertz CT molecular complexity index is 1800. The number of sulfonamides is 1. The number of benzene rings is 3. The number of rotatable bonds is 11. The minimum absolute atomic E-state index is 0.00262. The normalized spacial score (nSPS) is 12.6. The summed E-state index contributed by atoms with van der Waals surface area (Å²) in [5, 5.41) is 3.16. The third kappa shape index (κ3) is 7.07. The molecule has 0 saturated heterocycles. The van der Waals surface area contributed by atoms with E-state index in [1.807, 2.05) is 17.7 Å². The minimum Gasteiger partial charge on any atom is -0.496 e. The summed E-state index contributed by atoms with van der Waals surface area (Å²) in [6, 6.07) is 16.0. The van der Waals surface area contributed by atoms with Crippen molar-refractivity contribution < 1.29 is 35.9 Å². The SMILES string of the molecule is CC[C@H](CNC(=O)c1ccc2c(c1)c(Cc1ccc(C(=O)NS(=O)(=O)c3ccccc3C)cc1OC)cn2CC)C(F)(F)F. The smallest absolute Gasteiger partial charge is 0.393 e. The number of aryl methyl sites for hydroxylation is 2. The molecule has 44 heavy (non-hydrogen) atoms. The molecular weight excluding hydrogens is 595 g/mol. The van der Waals surface area contributed by atoms with Crippen molar-refractivity contribution in [2.24, 2.45) is 5.92 Å². The van der Waals surface area contributed by atoms with E-state index in [1.54, 1.807) is 49.4 Å². The highest BCUT2D eigenvalue weighted by Gasteiger charge is 2.38. The second-order valence-corrected chi connectivity index (χ2v) is 12.1. The van der Waals surface area contributed by atoms with Gasteiger partial charge in [-0.1, -0.05) is 31.2 Å². The largest absolute Gasteiger partial charge is 0.496 e. The van der Waals surface area contributed by atoms with E-state index in [2.05, 4.69) is 10.0 Å². The lowest BCUT2D eigenvalue weighted by molar-refractivity contribution is -0.173. The molecule has 0 spiro atoms. The molecule has 0 saturated carbocycles. The van der Waals surface area contributed by atoms with Gasteiger partial charge in [0, 0.05) is 47.7 Å². The predicted molar refractivity (Wildman–Crippen MR) is 161 cm³/mol. The molecule has 0 fully saturated rings. The lowest BCUT2D eigenvalue weighted by Gasteiger charge is -2.19. The van der Waals surface area contributed by atoms with E-state index >= 15 is 0 Å². The molecule has 4 aromatic rings. The number of carbonyl (C=O) groups excluding carboxylic acids is 2. The molecule has 0 aliphatic carbocycles. The molecule has 1 atom stereocenters. The van der Waals surface area contributed by atoms with Gasteiger partial charge in [0.25, 0.3) is 21.8 Å². The molecule has 1 aromatic heterocycles. The fourth-order valence-electron chi connectivity index (χ4n) is 5.06. The highest BCUT2D eigenvalue weighted by atomic mass is 32.2. The number of fused-ring (bicyclic) bond motifs is 1. The molecule has 12 heteroatoms. The highest BCUT2D eigenvalue weighted by molar-refractivity contribution is 7.90. The number of carbonyl (C=O) groups is 2. The number of aromatic nitrogens is 1. The number of nitrogens with zero attached hydrogens (tertiary/aromatic N) is 1. The van der Waals surface area contributed by atoms with Gasteiger partial charge in [-0.25, -0.2) is 13.1 Å². The van der Waals surface area contributed by atoms with Crippen LogP contribution in [0.1, 0.15) is 57.7 Å². The van der Waals surface area contributed by atoms with Crippen LogP contribution < -0.4 is 14.8 Å². The summed E-state index contributed by atoms with van der Waals surface area (Å²) in [7, 11) is -2.66. The first-order chi connectivity index (χ1) is 20.8. The maximum Gasteiger partial charge on any atom is 0.393 e. The zero-order chi connectivity index (χ0) is 32.2. The number of halogens is 3. The number of ether oxygens (including phenoxy) is 1. The first-order valence-corrected chi connectivity index (χ1v) is 15.5. The monoisotopic (exact) mass is 629 g/mol. The third-order valence-electron chi connectivity index (χ3n) is 7.57. The molecule has 2 amide bonds. The number of methoxy groups -OCH3 is 1. The molecule has 3 aromatic carbocycles. The van der Waals surface area contributed by atoms with E-state index in [4.69, 9.17) is 4.74 Å². The van der Waals surface area contributed by atoms with Crippen LogP contribution in [-0.4, -0.2) is 44.6 Å². The molecule has 2 N–H and O–H groups in total. The first-order valence-electron chi connectivity index (χ1n) is 14.0. The van der Waals surface area contributed by atoms with Gasteiger partial charge in [0.05, 0.1) is 17.9 Å². The summed E-state index contributed by atoms with van der Waals surface area (Å²) in [5.74, 6) is -2.69. The lowest BCUT2D eigenvalue weighted by Crippen LogP contribution is -2.36. The summed E-state index contributed by atoms with van der Waals surface area (Å²) in [6.45, 7) is 5.15. The predicted octanol–water partition coefficient (Wildman–Crippen LogP) is 6.01. The van der Waals surface area contributed by atoms with Crippen LogP contribution >= 0.6 is 0 Å². The van der Waals surface area contributed by atoms with Gasteiger partial charge in [-0.3, -0.25) is 9.59 Å². The van der Waals surface area contributed by atoms with Crippen LogP contribution in [-0.2, 0) is 23.0 Å². The zero-order valence-electron chi connectivity index (χ0n) is 24.8. The van der Waals surface area contributed by atoms with Crippen molar-refractivity contribution in [3.63, 3.8) is 0 Å². The molecule has 4 rings (SSSR count). The summed E-state index contributed by atoms with van der Waals surface area (Å²) in [6.07, 6.45) is -2.27. The van der Waals surface area contributed by atoms with Crippen LogP contribution in [0.15, 0.2) is 71.8 Å². The molecule has 1 heterocycles. The van der Waals surface area contributed by atoms with Crippen molar-refractivity contribution in [2.75, 3.05) is 13.7 Å². The van der Waals surface area contributed by atoms with Gasteiger partial charge in [-0.05, 0) is 73.4 Å². The number of nitrogens with one attached hydrogen (secondary N) is 2. The van der Waals surface area contributed by atoms with Crippen LogP contribution in [0.2, 0.25) is 0 Å². The Kier molecular flexibility index (Phi) is 9.72. The molecule has 0 bridgehead atoms. The van der Waals surface area contributed by atoms with E-state index in [-0.39, 0.29) is 22.4 Å². The Morgan fingerprint density at radius 1 is 0.955 bits per heavy atom. The van der Waals surface area contributed by atoms with Crippen LogP contribution in [0.3, 0.4) is 0 Å². The summed E-state index contributed by atoms with van der Waals surface area (Å²) in [4.78, 5) is 25.7. The molecule has 0 radical (unpaired) electrons. The van der Waals surface area contributed by atoms with Crippen LogP contribution in [0.5, 0.6) is 5.75 Å². The van der Waals surface area contributed by atoms with E-state index in [9.17, 15) is 31.2 Å². The van der Waals surface area contributed by atoms with Gasteiger partial charge in [0.1, 0.15) is 5.75 Å². The molecule has 8 nitrogen and oxygen atoms in total. The second kappa shape index (κ2) is 13.1. The van der Waals surface area contributed by atoms with Crippen molar-refractivity contribution in [1.29, 1.82) is 0 Å². The van der Waals surface area contributed by atoms with E-state index in [0.29, 0.717) is 29.8 Å². The Morgan fingerprint density at radius 3 is 2.27 bits per heavy atom. The van der Waals surface area contributed by atoms with Crippen molar-refractivity contribution >= 4 is 32.7 Å².